The van der Waals surface area contributed by atoms with Crippen LogP contribution in [0.2, 0.25) is 0 Å². The molecule has 0 bridgehead atoms. The summed E-state index contributed by atoms with van der Waals surface area (Å²) in [6.45, 7) is 3.45. The summed E-state index contributed by atoms with van der Waals surface area (Å²) in [5.41, 5.74) is 2.00. The summed E-state index contributed by atoms with van der Waals surface area (Å²) < 4.78 is 0. The van der Waals surface area contributed by atoms with E-state index < -0.39 is 0 Å². The van der Waals surface area contributed by atoms with E-state index in [-0.39, 0.29) is 5.91 Å². The molecule has 0 aromatic carbocycles. The summed E-state index contributed by atoms with van der Waals surface area (Å²) in [6.07, 6.45) is 6.34. The topological polar surface area (TPSA) is 71.0 Å². The minimum absolute atomic E-state index is 0.230. The molecule has 3 aromatic rings. The minimum Gasteiger partial charge on any atom is -0.336 e. The zero-order chi connectivity index (χ0) is 18.6. The number of carbonyl (C=O) groups is 1. The molecule has 0 aliphatic carbocycles. The van der Waals surface area contributed by atoms with Gasteiger partial charge in [-0.1, -0.05) is 6.07 Å². The van der Waals surface area contributed by atoms with Crippen molar-refractivity contribution in [2.24, 2.45) is 0 Å². The average Bonchev–Trinajstić information content (AvgIpc) is 3.13. The van der Waals surface area contributed by atoms with E-state index in [4.69, 9.17) is 0 Å². The molecular weight excluding hydrogens is 358 g/mol. The molecule has 0 radical (unpaired) electrons. The third-order valence-electron chi connectivity index (χ3n) is 4.47. The second kappa shape index (κ2) is 7.84. The lowest BCUT2D eigenvalue weighted by atomic mass is 10.1. The van der Waals surface area contributed by atoms with Gasteiger partial charge in [-0.25, -0.2) is 15.0 Å². The molecule has 27 heavy (non-hydrogen) atoms. The number of carbonyl (C=O) groups excluding carboxylic acids is 1. The molecule has 4 heterocycles. The Morgan fingerprint density at radius 1 is 1.19 bits per heavy atom. The highest BCUT2D eigenvalue weighted by Gasteiger charge is 2.19. The highest BCUT2D eigenvalue weighted by atomic mass is 32.1. The van der Waals surface area contributed by atoms with Crippen molar-refractivity contribution in [1.82, 2.24) is 19.9 Å². The SMILES string of the molecule is Cc1ccnc(Nc2cccc(-c3cnc(CN4CCCCC4=O)s3)n2)c1. The third-order valence-corrected chi connectivity index (χ3v) is 5.48. The monoisotopic (exact) mass is 379 g/mol. The fraction of sp³-hybridized carbons (Fsp3) is 0.300. The van der Waals surface area contributed by atoms with Gasteiger partial charge in [-0.15, -0.1) is 11.3 Å². The van der Waals surface area contributed by atoms with Gasteiger partial charge in [0.15, 0.2) is 0 Å². The molecule has 1 amide bonds. The number of hydrogen-bond acceptors (Lipinski definition) is 6. The number of pyridine rings is 2. The summed E-state index contributed by atoms with van der Waals surface area (Å²) in [7, 11) is 0. The van der Waals surface area contributed by atoms with Crippen molar-refractivity contribution in [2.45, 2.75) is 32.7 Å². The number of piperidine rings is 1. The zero-order valence-corrected chi connectivity index (χ0v) is 16.0. The van der Waals surface area contributed by atoms with Crippen LogP contribution in [0.1, 0.15) is 29.8 Å². The lowest BCUT2D eigenvalue weighted by Crippen LogP contribution is -2.34. The molecule has 138 valence electrons. The van der Waals surface area contributed by atoms with Crippen LogP contribution >= 0.6 is 11.3 Å². The predicted octanol–water partition coefficient (Wildman–Crippen LogP) is 4.16. The molecule has 7 heteroatoms. The average molecular weight is 379 g/mol. The quantitative estimate of drug-likeness (QED) is 0.721. The van der Waals surface area contributed by atoms with Gasteiger partial charge in [-0.2, -0.15) is 0 Å². The van der Waals surface area contributed by atoms with Crippen molar-refractivity contribution in [3.05, 3.63) is 53.3 Å². The molecule has 0 saturated carbocycles. The number of anilines is 2. The molecule has 1 aliphatic heterocycles. The van der Waals surface area contributed by atoms with E-state index in [9.17, 15) is 4.79 Å². The van der Waals surface area contributed by atoms with E-state index in [1.54, 1.807) is 17.5 Å². The van der Waals surface area contributed by atoms with Gasteiger partial charge in [0, 0.05) is 25.4 Å². The lowest BCUT2D eigenvalue weighted by molar-refractivity contribution is -0.133. The molecule has 3 aromatic heterocycles. The number of nitrogens with one attached hydrogen (secondary N) is 1. The molecule has 1 fully saturated rings. The van der Waals surface area contributed by atoms with E-state index in [2.05, 4.69) is 20.3 Å². The van der Waals surface area contributed by atoms with Gasteiger partial charge >= 0.3 is 0 Å². The fourth-order valence-electron chi connectivity index (χ4n) is 3.07. The molecule has 1 saturated heterocycles. The lowest BCUT2D eigenvalue weighted by Gasteiger charge is -2.25. The maximum atomic E-state index is 12.0. The smallest absolute Gasteiger partial charge is 0.222 e. The first kappa shape index (κ1) is 17.6. The van der Waals surface area contributed by atoms with Crippen molar-refractivity contribution < 1.29 is 4.79 Å². The van der Waals surface area contributed by atoms with E-state index in [0.717, 1.165) is 52.2 Å². The van der Waals surface area contributed by atoms with Crippen molar-refractivity contribution >= 4 is 28.9 Å². The Bertz CT molecular complexity index is 955. The van der Waals surface area contributed by atoms with Crippen LogP contribution in [0.15, 0.2) is 42.7 Å². The van der Waals surface area contributed by atoms with Crippen LogP contribution in [0.25, 0.3) is 10.6 Å². The third kappa shape index (κ3) is 4.31. The number of nitrogens with zero attached hydrogens (tertiary/aromatic N) is 4. The summed E-state index contributed by atoms with van der Waals surface area (Å²) in [5.74, 6) is 1.74. The highest BCUT2D eigenvalue weighted by molar-refractivity contribution is 7.15. The standard InChI is InChI=1S/C20H21N5OS/c1-14-8-9-21-18(11-14)24-17-6-4-5-15(23-17)16-12-22-19(27-16)13-25-10-3-2-7-20(25)26/h4-6,8-9,11-12H,2-3,7,10,13H2,1H3,(H,21,23,24). The molecule has 6 nitrogen and oxygen atoms in total. The van der Waals surface area contributed by atoms with Crippen molar-refractivity contribution in [3.63, 3.8) is 0 Å². The first-order valence-electron chi connectivity index (χ1n) is 9.07. The summed E-state index contributed by atoms with van der Waals surface area (Å²) in [6, 6.07) is 9.80. The molecule has 0 unspecified atom stereocenters. The van der Waals surface area contributed by atoms with E-state index in [1.165, 1.54) is 0 Å². The van der Waals surface area contributed by atoms with Gasteiger partial charge in [-0.05, 0) is 49.6 Å². The predicted molar refractivity (Wildman–Crippen MR) is 107 cm³/mol. The number of thiazole rings is 1. The number of rotatable bonds is 5. The number of aromatic nitrogens is 3. The summed E-state index contributed by atoms with van der Waals surface area (Å²) >= 11 is 1.59. The van der Waals surface area contributed by atoms with Crippen molar-refractivity contribution in [3.8, 4) is 10.6 Å². The van der Waals surface area contributed by atoms with Gasteiger partial charge in [0.1, 0.15) is 16.6 Å². The molecule has 1 aliphatic rings. The van der Waals surface area contributed by atoms with Crippen molar-refractivity contribution in [1.29, 1.82) is 0 Å². The van der Waals surface area contributed by atoms with E-state index >= 15 is 0 Å². The highest BCUT2D eigenvalue weighted by Crippen LogP contribution is 2.27. The molecular formula is C20H21N5OS. The molecule has 0 atom stereocenters. The van der Waals surface area contributed by atoms with Crippen molar-refractivity contribution in [2.75, 3.05) is 11.9 Å². The Morgan fingerprint density at radius 3 is 2.96 bits per heavy atom. The number of aryl methyl sites for hydroxylation is 1. The van der Waals surface area contributed by atoms with Crippen LogP contribution in [0.3, 0.4) is 0 Å². The first-order chi connectivity index (χ1) is 13.2. The first-order valence-corrected chi connectivity index (χ1v) is 9.88. The van der Waals surface area contributed by atoms with E-state index in [0.29, 0.717) is 13.0 Å². The van der Waals surface area contributed by atoms with Gasteiger partial charge in [-0.3, -0.25) is 4.79 Å². The van der Waals surface area contributed by atoms with Crippen LogP contribution < -0.4 is 5.32 Å². The minimum atomic E-state index is 0.230. The Morgan fingerprint density at radius 2 is 2.11 bits per heavy atom. The number of likely N-dealkylation sites (tertiary alicyclic amines) is 1. The maximum Gasteiger partial charge on any atom is 0.222 e. The van der Waals surface area contributed by atoms with Gasteiger partial charge in [0.05, 0.1) is 17.1 Å². The molecule has 4 rings (SSSR count). The van der Waals surface area contributed by atoms with Crippen LogP contribution in [-0.2, 0) is 11.3 Å². The number of hydrogen-bond donors (Lipinski definition) is 1. The van der Waals surface area contributed by atoms with E-state index in [1.807, 2.05) is 48.4 Å². The van der Waals surface area contributed by atoms with Crippen LogP contribution in [0.4, 0.5) is 11.6 Å². The van der Waals surface area contributed by atoms with Crippen LogP contribution in [0.5, 0.6) is 0 Å². The number of amides is 1. The summed E-state index contributed by atoms with van der Waals surface area (Å²) in [4.78, 5) is 28.4. The second-order valence-corrected chi connectivity index (χ2v) is 7.76. The van der Waals surface area contributed by atoms with Crippen LogP contribution in [0, 0.1) is 6.92 Å². The van der Waals surface area contributed by atoms with Gasteiger partial charge in [0.25, 0.3) is 0 Å². The Balaban J connectivity index is 1.49. The van der Waals surface area contributed by atoms with Gasteiger partial charge < -0.3 is 10.2 Å². The Hall–Kier alpha value is -2.80. The normalized spacial score (nSPS) is 14.4. The fourth-order valence-corrected chi connectivity index (χ4v) is 3.97. The Labute approximate surface area is 162 Å². The zero-order valence-electron chi connectivity index (χ0n) is 15.2. The van der Waals surface area contributed by atoms with Gasteiger partial charge in [0.2, 0.25) is 5.91 Å². The Kier molecular flexibility index (Phi) is 5.11. The molecule has 1 N–H and O–H groups in total. The maximum absolute atomic E-state index is 12.0. The summed E-state index contributed by atoms with van der Waals surface area (Å²) in [5, 5.41) is 4.19. The molecule has 0 spiro atoms. The second-order valence-electron chi connectivity index (χ2n) is 6.64. The largest absolute Gasteiger partial charge is 0.336 e. The van der Waals surface area contributed by atoms with Crippen LogP contribution in [-0.4, -0.2) is 32.3 Å².